The van der Waals surface area contributed by atoms with Crippen LogP contribution in [0, 0.1) is 0 Å². The molecule has 0 spiro atoms. The molecule has 82 valence electrons. The number of carbonyl (C=O) groups is 1. The molecular formula is C11H22NO2+. The van der Waals surface area contributed by atoms with Gasteiger partial charge in [0.2, 0.25) is 5.72 Å². The van der Waals surface area contributed by atoms with Crippen molar-refractivity contribution in [1.82, 2.24) is 0 Å². The molecule has 0 fully saturated rings. The first-order valence-electron chi connectivity index (χ1n) is 5.01. The van der Waals surface area contributed by atoms with E-state index in [0.717, 1.165) is 13.0 Å². The topological polar surface area (TPSA) is 26.3 Å². The molecule has 0 saturated carbocycles. The average Bonchev–Trinajstić information content (AvgIpc) is 2.17. The highest BCUT2D eigenvalue weighted by Gasteiger charge is 2.41. The zero-order chi connectivity index (χ0) is 11.4. The summed E-state index contributed by atoms with van der Waals surface area (Å²) in [5, 5.41) is 0. The van der Waals surface area contributed by atoms with Crippen molar-refractivity contribution in [3.8, 4) is 0 Å². The Labute approximate surface area is 86.9 Å². The number of rotatable bonds is 5. The normalized spacial score (nSPS) is 15.8. The summed E-state index contributed by atoms with van der Waals surface area (Å²) < 4.78 is 6.06. The Kier molecular flexibility index (Phi) is 4.33. The highest BCUT2D eigenvalue weighted by atomic mass is 16.6. The van der Waals surface area contributed by atoms with Gasteiger partial charge in [-0.1, -0.05) is 13.5 Å². The van der Waals surface area contributed by atoms with Gasteiger partial charge in [0.05, 0.1) is 20.6 Å². The molecule has 0 aromatic carbocycles. The maximum absolute atomic E-state index is 11.2. The zero-order valence-corrected chi connectivity index (χ0v) is 9.96. The fourth-order valence-electron chi connectivity index (χ4n) is 1.22. The summed E-state index contributed by atoms with van der Waals surface area (Å²) in [6.07, 6.45) is 2.00. The van der Waals surface area contributed by atoms with Crippen LogP contribution in [-0.4, -0.2) is 36.8 Å². The van der Waals surface area contributed by atoms with Crippen molar-refractivity contribution in [3.05, 3.63) is 12.7 Å². The SMILES string of the molecule is C=CC(=O)OC(C)(CC)[N+](C)(C)CC. The van der Waals surface area contributed by atoms with Gasteiger partial charge in [-0.25, -0.2) is 4.79 Å². The highest BCUT2D eigenvalue weighted by molar-refractivity contribution is 5.81. The van der Waals surface area contributed by atoms with Crippen molar-refractivity contribution < 1.29 is 14.0 Å². The molecule has 0 heterocycles. The number of nitrogens with zero attached hydrogens (tertiary/aromatic N) is 1. The van der Waals surface area contributed by atoms with Crippen molar-refractivity contribution in [2.24, 2.45) is 0 Å². The molecule has 0 aliphatic carbocycles. The fourth-order valence-corrected chi connectivity index (χ4v) is 1.22. The minimum Gasteiger partial charge on any atom is -0.407 e. The van der Waals surface area contributed by atoms with E-state index in [4.69, 9.17) is 4.74 Å². The van der Waals surface area contributed by atoms with Gasteiger partial charge in [-0.3, -0.25) is 4.48 Å². The molecule has 0 saturated heterocycles. The first-order chi connectivity index (χ1) is 6.33. The molecule has 0 aromatic heterocycles. The van der Waals surface area contributed by atoms with Crippen molar-refractivity contribution >= 4 is 5.97 Å². The van der Waals surface area contributed by atoms with Crippen LogP contribution in [0.5, 0.6) is 0 Å². The average molecular weight is 200 g/mol. The minimum absolute atomic E-state index is 0.353. The van der Waals surface area contributed by atoms with E-state index in [-0.39, 0.29) is 5.97 Å². The van der Waals surface area contributed by atoms with Crippen LogP contribution < -0.4 is 0 Å². The summed E-state index contributed by atoms with van der Waals surface area (Å²) in [6.45, 7) is 10.4. The van der Waals surface area contributed by atoms with Gasteiger partial charge in [0, 0.05) is 19.4 Å². The van der Waals surface area contributed by atoms with E-state index in [9.17, 15) is 4.79 Å². The molecular weight excluding hydrogens is 178 g/mol. The Bertz CT molecular complexity index is 223. The van der Waals surface area contributed by atoms with Gasteiger partial charge >= 0.3 is 5.97 Å². The fraction of sp³-hybridized carbons (Fsp3) is 0.727. The predicted molar refractivity (Wildman–Crippen MR) is 57.6 cm³/mol. The largest absolute Gasteiger partial charge is 0.407 e. The summed E-state index contributed by atoms with van der Waals surface area (Å²) in [5.41, 5.74) is -0.472. The van der Waals surface area contributed by atoms with Gasteiger partial charge in [-0.05, 0) is 6.92 Å². The van der Waals surface area contributed by atoms with Crippen molar-refractivity contribution in [2.45, 2.75) is 32.9 Å². The Morgan fingerprint density at radius 3 is 2.29 bits per heavy atom. The van der Waals surface area contributed by atoms with Gasteiger partial charge in [0.1, 0.15) is 0 Å². The molecule has 0 amide bonds. The quantitative estimate of drug-likeness (QED) is 0.293. The second-order valence-corrected chi connectivity index (χ2v) is 4.16. The van der Waals surface area contributed by atoms with Crippen LogP contribution in [0.3, 0.4) is 0 Å². The third-order valence-corrected chi connectivity index (χ3v) is 3.21. The molecule has 0 radical (unpaired) electrons. The molecule has 0 bridgehead atoms. The minimum atomic E-state index is -0.472. The van der Waals surface area contributed by atoms with Crippen molar-refractivity contribution in [1.29, 1.82) is 0 Å². The highest BCUT2D eigenvalue weighted by Crippen LogP contribution is 2.25. The Morgan fingerprint density at radius 1 is 1.50 bits per heavy atom. The van der Waals surface area contributed by atoms with E-state index in [0.29, 0.717) is 4.48 Å². The maximum Gasteiger partial charge on any atom is 0.334 e. The van der Waals surface area contributed by atoms with Crippen LogP contribution in [0.15, 0.2) is 12.7 Å². The molecule has 1 atom stereocenters. The Balaban J connectivity index is 4.79. The van der Waals surface area contributed by atoms with Gasteiger partial charge in [0.25, 0.3) is 0 Å². The first-order valence-corrected chi connectivity index (χ1v) is 5.01. The van der Waals surface area contributed by atoms with Gasteiger partial charge in [-0.15, -0.1) is 0 Å². The molecule has 3 nitrogen and oxygen atoms in total. The van der Waals surface area contributed by atoms with Crippen LogP contribution in [-0.2, 0) is 9.53 Å². The number of esters is 1. The van der Waals surface area contributed by atoms with E-state index in [1.807, 2.05) is 13.8 Å². The first kappa shape index (κ1) is 13.2. The number of hydrogen-bond donors (Lipinski definition) is 0. The van der Waals surface area contributed by atoms with Gasteiger partial charge in [0.15, 0.2) is 0 Å². The smallest absolute Gasteiger partial charge is 0.334 e. The zero-order valence-electron chi connectivity index (χ0n) is 9.96. The molecule has 0 aromatic rings. The third kappa shape index (κ3) is 2.58. The Morgan fingerprint density at radius 2 is 2.00 bits per heavy atom. The molecule has 0 rings (SSSR count). The molecule has 14 heavy (non-hydrogen) atoms. The molecule has 3 heteroatoms. The molecule has 0 aliphatic rings. The Hall–Kier alpha value is -0.830. The summed E-state index contributed by atoms with van der Waals surface area (Å²) in [6, 6.07) is 0. The van der Waals surface area contributed by atoms with E-state index in [2.05, 4.69) is 27.6 Å². The summed E-state index contributed by atoms with van der Waals surface area (Å²) in [4.78, 5) is 11.2. The van der Waals surface area contributed by atoms with Crippen LogP contribution in [0.1, 0.15) is 27.2 Å². The lowest BCUT2D eigenvalue weighted by molar-refractivity contribution is -0.961. The number of quaternary nitrogens is 1. The molecule has 0 aliphatic heterocycles. The molecule has 0 N–H and O–H groups in total. The van der Waals surface area contributed by atoms with E-state index in [1.165, 1.54) is 6.08 Å². The van der Waals surface area contributed by atoms with E-state index >= 15 is 0 Å². The van der Waals surface area contributed by atoms with Crippen LogP contribution in [0.4, 0.5) is 0 Å². The predicted octanol–water partition coefficient (Wildman–Crippen LogP) is 1.94. The summed E-state index contributed by atoms with van der Waals surface area (Å²) >= 11 is 0. The van der Waals surface area contributed by atoms with Crippen molar-refractivity contribution in [3.63, 3.8) is 0 Å². The number of carbonyl (C=O) groups excluding carboxylic acids is 1. The van der Waals surface area contributed by atoms with Gasteiger partial charge in [-0.2, -0.15) is 0 Å². The third-order valence-electron chi connectivity index (χ3n) is 3.21. The standard InChI is InChI=1S/C11H22NO2/c1-7-10(13)14-11(4,8-2)12(5,6)9-3/h7H,1,8-9H2,2-6H3/q+1. The lowest BCUT2D eigenvalue weighted by Crippen LogP contribution is -2.59. The van der Waals surface area contributed by atoms with E-state index in [1.54, 1.807) is 0 Å². The van der Waals surface area contributed by atoms with Crippen LogP contribution >= 0.6 is 0 Å². The monoisotopic (exact) mass is 200 g/mol. The maximum atomic E-state index is 11.2. The lowest BCUT2D eigenvalue weighted by Gasteiger charge is -2.44. The van der Waals surface area contributed by atoms with Crippen molar-refractivity contribution in [2.75, 3.05) is 20.6 Å². The van der Waals surface area contributed by atoms with Crippen LogP contribution in [0.2, 0.25) is 0 Å². The lowest BCUT2D eigenvalue weighted by atomic mass is 10.1. The summed E-state index contributed by atoms with van der Waals surface area (Å²) in [7, 11) is 4.11. The number of hydrogen-bond acceptors (Lipinski definition) is 2. The van der Waals surface area contributed by atoms with E-state index < -0.39 is 5.72 Å². The van der Waals surface area contributed by atoms with Crippen LogP contribution in [0.25, 0.3) is 0 Å². The second kappa shape index (κ2) is 4.60. The second-order valence-electron chi connectivity index (χ2n) is 4.16. The summed E-state index contributed by atoms with van der Waals surface area (Å²) in [5.74, 6) is -0.353. The van der Waals surface area contributed by atoms with Gasteiger partial charge < -0.3 is 4.74 Å². The molecule has 1 unspecified atom stereocenters. The number of ether oxygens (including phenoxy) is 1.